The number of pyridine rings is 1. The van der Waals surface area contributed by atoms with Gasteiger partial charge in [-0.25, -0.2) is 13.4 Å². The molecule has 2 N–H and O–H groups in total. The summed E-state index contributed by atoms with van der Waals surface area (Å²) in [5.74, 6) is 0.350. The van der Waals surface area contributed by atoms with Crippen LogP contribution in [0.15, 0.2) is 47.1 Å². The Morgan fingerprint density at radius 1 is 1.24 bits per heavy atom. The molecule has 3 aromatic heterocycles. The van der Waals surface area contributed by atoms with Crippen LogP contribution in [0.2, 0.25) is 0 Å². The van der Waals surface area contributed by atoms with Crippen LogP contribution in [-0.4, -0.2) is 42.0 Å². The lowest BCUT2D eigenvalue weighted by molar-refractivity contribution is 0.102. The topological polar surface area (TPSA) is 128 Å². The second-order valence-electron chi connectivity index (χ2n) is 7.31. The zero-order valence-corrected chi connectivity index (χ0v) is 19.4. The van der Waals surface area contributed by atoms with Gasteiger partial charge in [-0.05, 0) is 44.2 Å². The maximum atomic E-state index is 13.3. The van der Waals surface area contributed by atoms with Crippen molar-refractivity contribution in [3.63, 3.8) is 0 Å². The Morgan fingerprint density at radius 2 is 2.03 bits per heavy atom. The Kier molecular flexibility index (Phi) is 5.81. The van der Waals surface area contributed by atoms with Gasteiger partial charge in [0, 0.05) is 18.8 Å². The summed E-state index contributed by atoms with van der Waals surface area (Å²) in [6.45, 7) is 3.35. The van der Waals surface area contributed by atoms with Crippen molar-refractivity contribution in [1.82, 2.24) is 14.8 Å². The van der Waals surface area contributed by atoms with Crippen LogP contribution in [0, 0.1) is 6.92 Å². The van der Waals surface area contributed by atoms with Gasteiger partial charge in [-0.2, -0.15) is 5.10 Å². The maximum Gasteiger partial charge on any atom is 0.256 e. The molecule has 4 aromatic rings. The van der Waals surface area contributed by atoms with E-state index in [-0.39, 0.29) is 23.1 Å². The van der Waals surface area contributed by atoms with Gasteiger partial charge < -0.3 is 14.5 Å². The summed E-state index contributed by atoms with van der Waals surface area (Å²) in [4.78, 5) is 17.9. The summed E-state index contributed by atoms with van der Waals surface area (Å²) in [6, 6.07) is 9.85. The molecule has 10 nitrogen and oxygen atoms in total. The number of carbonyl (C=O) groups excluding carboxylic acids is 1. The molecule has 0 atom stereocenters. The number of ether oxygens (including phenoxy) is 1. The highest BCUT2D eigenvalue weighted by Crippen LogP contribution is 2.31. The summed E-state index contributed by atoms with van der Waals surface area (Å²) in [6.07, 6.45) is 1.54. The number of rotatable bonds is 7. The Hall–Kier alpha value is -3.86. The van der Waals surface area contributed by atoms with Gasteiger partial charge in [-0.1, -0.05) is 0 Å². The lowest BCUT2D eigenvalue weighted by atomic mass is 10.1. The van der Waals surface area contributed by atoms with E-state index in [1.54, 1.807) is 42.1 Å². The van der Waals surface area contributed by atoms with Crippen molar-refractivity contribution in [2.45, 2.75) is 13.8 Å². The molecule has 0 unspecified atom stereocenters. The van der Waals surface area contributed by atoms with Gasteiger partial charge in [0.2, 0.25) is 10.0 Å². The van der Waals surface area contributed by atoms with E-state index in [1.165, 1.54) is 26.4 Å². The zero-order chi connectivity index (χ0) is 23.8. The van der Waals surface area contributed by atoms with Crippen LogP contribution >= 0.6 is 0 Å². The van der Waals surface area contributed by atoms with Crippen molar-refractivity contribution in [2.75, 3.05) is 22.9 Å². The molecular formula is C22H23N5O5S. The summed E-state index contributed by atoms with van der Waals surface area (Å²) < 4.78 is 38.7. The Balaban J connectivity index is 1.72. The molecule has 0 saturated heterocycles. The number of anilines is 2. The summed E-state index contributed by atoms with van der Waals surface area (Å²) in [7, 11) is -0.296. The van der Waals surface area contributed by atoms with E-state index >= 15 is 0 Å². The first-order valence-electron chi connectivity index (χ1n) is 10.1. The number of aryl methyl sites for hydroxylation is 2. The van der Waals surface area contributed by atoms with E-state index in [1.807, 2.05) is 6.92 Å². The largest absolute Gasteiger partial charge is 0.494 e. The number of aromatic nitrogens is 3. The third-order valence-corrected chi connectivity index (χ3v) is 6.38. The van der Waals surface area contributed by atoms with Gasteiger partial charge in [-0.15, -0.1) is 0 Å². The molecule has 0 aliphatic carbocycles. The minimum absolute atomic E-state index is 0.0743. The second-order valence-corrected chi connectivity index (χ2v) is 9.33. The first-order valence-corrected chi connectivity index (χ1v) is 11.8. The van der Waals surface area contributed by atoms with E-state index in [9.17, 15) is 13.2 Å². The Morgan fingerprint density at radius 3 is 2.70 bits per heavy atom. The highest BCUT2D eigenvalue weighted by molar-refractivity contribution is 7.92. The predicted molar refractivity (Wildman–Crippen MR) is 125 cm³/mol. The number of carbonyl (C=O) groups is 1. The molecule has 0 aliphatic heterocycles. The molecule has 1 amide bonds. The predicted octanol–water partition coefficient (Wildman–Crippen LogP) is 3.56. The van der Waals surface area contributed by atoms with E-state index in [0.717, 1.165) is 0 Å². The average molecular weight is 470 g/mol. The van der Waals surface area contributed by atoms with E-state index < -0.39 is 10.0 Å². The molecule has 33 heavy (non-hydrogen) atoms. The highest BCUT2D eigenvalue weighted by atomic mass is 32.2. The van der Waals surface area contributed by atoms with Crippen LogP contribution in [0.25, 0.3) is 22.5 Å². The molecule has 0 radical (unpaired) electrons. The van der Waals surface area contributed by atoms with E-state index in [4.69, 9.17) is 9.15 Å². The molecule has 172 valence electrons. The average Bonchev–Trinajstić information content (AvgIpc) is 3.42. The highest BCUT2D eigenvalue weighted by Gasteiger charge is 2.21. The number of furan rings is 1. The third kappa shape index (κ3) is 4.40. The van der Waals surface area contributed by atoms with Gasteiger partial charge >= 0.3 is 0 Å². The summed E-state index contributed by atoms with van der Waals surface area (Å²) in [5.41, 5.74) is 2.81. The SMILES string of the molecule is CCS(=O)(=O)Nc1ccc(NC(=O)c2cc(-c3ccco3)nc3c2c(C)nn3C)cc1OC. The van der Waals surface area contributed by atoms with Crippen LogP contribution in [0.3, 0.4) is 0 Å². The van der Waals surface area contributed by atoms with Crippen molar-refractivity contribution >= 4 is 38.3 Å². The zero-order valence-electron chi connectivity index (χ0n) is 18.5. The maximum absolute atomic E-state index is 13.3. The van der Waals surface area contributed by atoms with Crippen LogP contribution in [0.4, 0.5) is 11.4 Å². The standard InChI is InChI=1S/C22H23N5O5S/c1-5-33(29,30)26-16-9-8-14(11-19(16)31-4)23-22(28)15-12-17(18-7-6-10-32-18)24-21-20(15)13(2)25-27(21)3/h6-12,26H,5H2,1-4H3,(H,23,28). The second kappa shape index (κ2) is 8.58. The molecule has 0 bridgehead atoms. The molecule has 11 heteroatoms. The number of fused-ring (bicyclic) bond motifs is 1. The lowest BCUT2D eigenvalue weighted by Crippen LogP contribution is -2.16. The van der Waals surface area contributed by atoms with Crippen LogP contribution in [0.1, 0.15) is 23.0 Å². The molecule has 0 spiro atoms. The lowest BCUT2D eigenvalue weighted by Gasteiger charge is -2.13. The number of nitrogens with one attached hydrogen (secondary N) is 2. The smallest absolute Gasteiger partial charge is 0.256 e. The molecule has 3 heterocycles. The number of sulfonamides is 1. The van der Waals surface area contributed by atoms with Crippen LogP contribution in [0.5, 0.6) is 5.75 Å². The van der Waals surface area contributed by atoms with Gasteiger partial charge in [-0.3, -0.25) is 14.2 Å². The van der Waals surface area contributed by atoms with Crippen molar-refractivity contribution in [3.8, 4) is 17.2 Å². The summed E-state index contributed by atoms with van der Waals surface area (Å²) >= 11 is 0. The quantitative estimate of drug-likeness (QED) is 0.423. The number of amides is 1. The van der Waals surface area contributed by atoms with Gasteiger partial charge in [0.15, 0.2) is 11.4 Å². The third-order valence-electron chi connectivity index (χ3n) is 5.09. The van der Waals surface area contributed by atoms with Crippen molar-refractivity contribution in [3.05, 3.63) is 53.9 Å². The number of hydrogen-bond donors (Lipinski definition) is 2. The van der Waals surface area contributed by atoms with Gasteiger partial charge in [0.25, 0.3) is 5.91 Å². The molecule has 1 aromatic carbocycles. The fraction of sp³-hybridized carbons (Fsp3) is 0.227. The molecule has 4 rings (SSSR count). The first kappa shape index (κ1) is 22.3. The fourth-order valence-electron chi connectivity index (χ4n) is 3.47. The summed E-state index contributed by atoms with van der Waals surface area (Å²) in [5, 5.41) is 7.88. The first-order chi connectivity index (χ1) is 15.7. The number of benzene rings is 1. The van der Waals surface area contributed by atoms with E-state index in [2.05, 4.69) is 20.1 Å². The van der Waals surface area contributed by atoms with Crippen molar-refractivity contribution in [1.29, 1.82) is 0 Å². The van der Waals surface area contributed by atoms with Crippen molar-refractivity contribution in [2.24, 2.45) is 7.05 Å². The van der Waals surface area contributed by atoms with Crippen molar-refractivity contribution < 1.29 is 22.4 Å². The van der Waals surface area contributed by atoms with E-state index in [0.29, 0.717) is 39.4 Å². The molecule has 0 aliphatic rings. The van der Waals surface area contributed by atoms with Gasteiger partial charge in [0.05, 0.1) is 41.5 Å². The monoisotopic (exact) mass is 469 g/mol. The fourth-order valence-corrected chi connectivity index (χ4v) is 4.11. The van der Waals surface area contributed by atoms with Crippen LogP contribution < -0.4 is 14.8 Å². The van der Waals surface area contributed by atoms with Gasteiger partial charge in [0.1, 0.15) is 11.4 Å². The molecule has 0 fully saturated rings. The number of hydrogen-bond acceptors (Lipinski definition) is 7. The molecular weight excluding hydrogens is 446 g/mol. The molecule has 0 saturated carbocycles. The van der Waals surface area contributed by atoms with Crippen LogP contribution in [-0.2, 0) is 17.1 Å². The number of methoxy groups -OCH3 is 1. The Labute approximate surface area is 190 Å². The Bertz CT molecular complexity index is 1440. The normalized spacial score (nSPS) is 11.5. The minimum atomic E-state index is -3.48. The number of nitrogens with zero attached hydrogens (tertiary/aromatic N) is 3. The minimum Gasteiger partial charge on any atom is -0.494 e.